The summed E-state index contributed by atoms with van der Waals surface area (Å²) in [5, 5.41) is 0. The molecular weight excluding hydrogens is 258 g/mol. The Kier molecular flexibility index (Phi) is 4.34. The average molecular weight is 277 g/mol. The first-order valence-electron chi connectivity index (χ1n) is 6.62. The van der Waals surface area contributed by atoms with E-state index in [4.69, 9.17) is 10.5 Å². The molecule has 1 saturated heterocycles. The minimum Gasteiger partial charge on any atom is -0.367 e. The quantitative estimate of drug-likeness (QED) is 0.847. The molecule has 0 spiro atoms. The van der Waals surface area contributed by atoms with Crippen LogP contribution < -0.4 is 5.73 Å². The Morgan fingerprint density at radius 3 is 3.00 bits per heavy atom. The van der Waals surface area contributed by atoms with Crippen LogP contribution in [0.5, 0.6) is 0 Å². The summed E-state index contributed by atoms with van der Waals surface area (Å²) in [5.74, 6) is -0.535. The molecule has 0 aliphatic carbocycles. The molecule has 108 valence electrons. The predicted octanol–water partition coefficient (Wildman–Crippen LogP) is 0.117. The molecule has 0 aromatic carbocycles. The molecule has 2 N–H and O–H groups in total. The van der Waals surface area contributed by atoms with E-state index < -0.39 is 11.5 Å². The lowest BCUT2D eigenvalue weighted by Gasteiger charge is -2.38. The maximum Gasteiger partial charge on any atom is 0.251 e. The van der Waals surface area contributed by atoms with Crippen LogP contribution in [0.2, 0.25) is 0 Å². The molecule has 2 heterocycles. The van der Waals surface area contributed by atoms with Crippen LogP contribution in [0.4, 0.5) is 0 Å². The monoisotopic (exact) mass is 277 g/mol. The lowest BCUT2D eigenvalue weighted by Crippen LogP contribution is -2.58. The van der Waals surface area contributed by atoms with Gasteiger partial charge in [0.25, 0.3) is 5.91 Å². The Bertz CT molecular complexity index is 492. The third-order valence-electron chi connectivity index (χ3n) is 3.50. The van der Waals surface area contributed by atoms with Crippen molar-refractivity contribution in [1.29, 1.82) is 0 Å². The number of morpholine rings is 1. The zero-order valence-corrected chi connectivity index (χ0v) is 11.5. The number of aryl methyl sites for hydroxylation is 1. The number of nitrogens with zero attached hydrogens (tertiary/aromatic N) is 2. The van der Waals surface area contributed by atoms with Crippen molar-refractivity contribution in [2.45, 2.75) is 25.4 Å². The van der Waals surface area contributed by atoms with Crippen molar-refractivity contribution >= 4 is 11.8 Å². The Morgan fingerprint density at radius 2 is 2.35 bits per heavy atom. The van der Waals surface area contributed by atoms with Crippen LogP contribution in [-0.4, -0.2) is 47.0 Å². The van der Waals surface area contributed by atoms with Crippen LogP contribution in [-0.2, 0) is 20.7 Å². The van der Waals surface area contributed by atoms with Gasteiger partial charge in [0.05, 0.1) is 13.2 Å². The first kappa shape index (κ1) is 14.5. The molecule has 0 bridgehead atoms. The molecule has 6 heteroatoms. The molecule has 1 aromatic heterocycles. The summed E-state index contributed by atoms with van der Waals surface area (Å²) in [6.07, 6.45) is 4.48. The van der Waals surface area contributed by atoms with E-state index >= 15 is 0 Å². The number of pyridine rings is 1. The highest BCUT2D eigenvalue weighted by molar-refractivity contribution is 5.85. The van der Waals surface area contributed by atoms with E-state index in [-0.39, 0.29) is 12.5 Å². The van der Waals surface area contributed by atoms with E-state index in [0.717, 1.165) is 5.56 Å². The van der Waals surface area contributed by atoms with Gasteiger partial charge in [-0.25, -0.2) is 0 Å². The summed E-state index contributed by atoms with van der Waals surface area (Å²) >= 11 is 0. The van der Waals surface area contributed by atoms with Gasteiger partial charge in [0.2, 0.25) is 5.91 Å². The zero-order chi connectivity index (χ0) is 14.6. The number of primary amides is 1. The summed E-state index contributed by atoms with van der Waals surface area (Å²) in [6, 6.07) is 3.78. The van der Waals surface area contributed by atoms with Gasteiger partial charge in [0.1, 0.15) is 0 Å². The third kappa shape index (κ3) is 3.33. The van der Waals surface area contributed by atoms with Crippen molar-refractivity contribution in [3.05, 3.63) is 30.1 Å². The molecule has 1 aliphatic heterocycles. The van der Waals surface area contributed by atoms with Gasteiger partial charge in [0, 0.05) is 25.4 Å². The summed E-state index contributed by atoms with van der Waals surface area (Å²) in [7, 11) is 0. The van der Waals surface area contributed by atoms with E-state index in [0.29, 0.717) is 26.0 Å². The maximum absolute atomic E-state index is 12.2. The first-order chi connectivity index (χ1) is 9.51. The van der Waals surface area contributed by atoms with Crippen molar-refractivity contribution in [3.63, 3.8) is 0 Å². The molecular formula is C14H19N3O3. The zero-order valence-electron chi connectivity index (χ0n) is 11.5. The molecule has 1 aliphatic rings. The molecule has 0 saturated carbocycles. The molecule has 0 radical (unpaired) electrons. The number of hydrogen-bond donors (Lipinski definition) is 1. The van der Waals surface area contributed by atoms with Gasteiger partial charge in [-0.3, -0.25) is 14.6 Å². The number of amides is 2. The van der Waals surface area contributed by atoms with Crippen LogP contribution in [0.25, 0.3) is 0 Å². The Balaban J connectivity index is 1.91. The number of carbonyl (C=O) groups is 2. The number of hydrogen-bond acceptors (Lipinski definition) is 4. The Hall–Kier alpha value is -1.95. The van der Waals surface area contributed by atoms with Crippen molar-refractivity contribution < 1.29 is 14.3 Å². The van der Waals surface area contributed by atoms with Crippen molar-refractivity contribution in [3.8, 4) is 0 Å². The average Bonchev–Trinajstić information content (AvgIpc) is 2.46. The standard InChI is InChI=1S/C14H19N3O3/c1-14(13(15)19)10-17(7-8-20-14)12(18)5-4-11-3-2-6-16-9-11/h2-3,6,9H,4-5,7-8,10H2,1H3,(H2,15,19)/t14-/m0/s1. The van der Waals surface area contributed by atoms with Crippen LogP contribution in [0.15, 0.2) is 24.5 Å². The van der Waals surface area contributed by atoms with Crippen molar-refractivity contribution in [2.24, 2.45) is 5.73 Å². The molecule has 20 heavy (non-hydrogen) atoms. The topological polar surface area (TPSA) is 85.5 Å². The van der Waals surface area contributed by atoms with Crippen molar-refractivity contribution in [1.82, 2.24) is 9.88 Å². The lowest BCUT2D eigenvalue weighted by molar-refractivity contribution is -0.160. The molecule has 2 rings (SSSR count). The SMILES string of the molecule is C[C@@]1(C(N)=O)CN(C(=O)CCc2cccnc2)CCO1. The second-order valence-corrected chi connectivity index (χ2v) is 5.12. The van der Waals surface area contributed by atoms with E-state index in [2.05, 4.69) is 4.98 Å². The van der Waals surface area contributed by atoms with Gasteiger partial charge < -0.3 is 15.4 Å². The van der Waals surface area contributed by atoms with Crippen molar-refractivity contribution in [2.75, 3.05) is 19.7 Å². The lowest BCUT2D eigenvalue weighted by atomic mass is 10.0. The number of ether oxygens (including phenoxy) is 1. The summed E-state index contributed by atoms with van der Waals surface area (Å²) in [4.78, 5) is 29.2. The molecule has 6 nitrogen and oxygen atoms in total. The van der Waals surface area contributed by atoms with E-state index in [1.165, 1.54) is 0 Å². The highest BCUT2D eigenvalue weighted by Gasteiger charge is 2.38. The fraction of sp³-hybridized carbons (Fsp3) is 0.500. The Morgan fingerprint density at radius 1 is 1.55 bits per heavy atom. The van der Waals surface area contributed by atoms with E-state index in [9.17, 15) is 9.59 Å². The van der Waals surface area contributed by atoms with Gasteiger partial charge in [-0.2, -0.15) is 0 Å². The van der Waals surface area contributed by atoms with Crippen LogP contribution in [0.3, 0.4) is 0 Å². The highest BCUT2D eigenvalue weighted by atomic mass is 16.5. The van der Waals surface area contributed by atoms with E-state index in [1.54, 1.807) is 24.2 Å². The largest absolute Gasteiger partial charge is 0.367 e. The van der Waals surface area contributed by atoms with E-state index in [1.807, 2.05) is 12.1 Å². The molecule has 2 amide bonds. The number of nitrogens with two attached hydrogens (primary N) is 1. The maximum atomic E-state index is 12.2. The number of rotatable bonds is 4. The van der Waals surface area contributed by atoms with Crippen LogP contribution >= 0.6 is 0 Å². The normalized spacial score (nSPS) is 22.6. The molecule has 1 atom stereocenters. The smallest absolute Gasteiger partial charge is 0.251 e. The summed E-state index contributed by atoms with van der Waals surface area (Å²) < 4.78 is 5.39. The molecule has 1 fully saturated rings. The highest BCUT2D eigenvalue weighted by Crippen LogP contribution is 2.18. The Labute approximate surface area is 117 Å². The van der Waals surface area contributed by atoms with Gasteiger partial charge in [0.15, 0.2) is 5.60 Å². The second kappa shape index (κ2) is 6.00. The first-order valence-corrected chi connectivity index (χ1v) is 6.62. The predicted molar refractivity (Wildman–Crippen MR) is 72.7 cm³/mol. The summed E-state index contributed by atoms with van der Waals surface area (Å²) in [5.41, 5.74) is 5.26. The van der Waals surface area contributed by atoms with Crippen LogP contribution in [0, 0.1) is 0 Å². The fourth-order valence-electron chi connectivity index (χ4n) is 2.19. The van der Waals surface area contributed by atoms with Gasteiger partial charge >= 0.3 is 0 Å². The minimum absolute atomic E-state index is 0.00429. The number of aromatic nitrogens is 1. The van der Waals surface area contributed by atoms with Crippen LogP contribution in [0.1, 0.15) is 18.9 Å². The van der Waals surface area contributed by atoms with Gasteiger partial charge in [-0.05, 0) is 25.0 Å². The van der Waals surface area contributed by atoms with Gasteiger partial charge in [-0.1, -0.05) is 6.07 Å². The number of carbonyl (C=O) groups excluding carboxylic acids is 2. The second-order valence-electron chi connectivity index (χ2n) is 5.12. The molecule has 1 aromatic rings. The third-order valence-corrected chi connectivity index (χ3v) is 3.50. The fourth-order valence-corrected chi connectivity index (χ4v) is 2.19. The van der Waals surface area contributed by atoms with Gasteiger partial charge in [-0.15, -0.1) is 0 Å². The summed E-state index contributed by atoms with van der Waals surface area (Å²) in [6.45, 7) is 2.66. The molecule has 0 unspecified atom stereocenters. The minimum atomic E-state index is -1.08.